The highest BCUT2D eigenvalue weighted by Gasteiger charge is 2.33. The van der Waals surface area contributed by atoms with Gasteiger partial charge < -0.3 is 14.1 Å². The van der Waals surface area contributed by atoms with Crippen molar-refractivity contribution in [1.29, 1.82) is 0 Å². The molecule has 17 heavy (non-hydrogen) atoms. The van der Waals surface area contributed by atoms with Gasteiger partial charge >= 0.3 is 6.09 Å². The monoisotopic (exact) mass is 237 g/mol. The smallest absolute Gasteiger partial charge is 0.410 e. The number of rotatable bonds is 1. The number of hydrogen-bond donors (Lipinski definition) is 0. The number of carbonyl (C=O) groups excluding carboxylic acids is 1. The Morgan fingerprint density at radius 1 is 1.53 bits per heavy atom. The van der Waals surface area contributed by atoms with Crippen LogP contribution < -0.4 is 0 Å². The molecule has 1 amide bonds. The summed E-state index contributed by atoms with van der Waals surface area (Å²) < 4.78 is 10.5. The van der Waals surface area contributed by atoms with Gasteiger partial charge in [-0.05, 0) is 39.7 Å². The van der Waals surface area contributed by atoms with Gasteiger partial charge in [0.25, 0.3) is 0 Å². The van der Waals surface area contributed by atoms with Crippen LogP contribution in [0.5, 0.6) is 0 Å². The molecular formula is C13H19NO3. The van der Waals surface area contributed by atoms with E-state index in [1.165, 1.54) is 0 Å². The molecule has 1 aromatic rings. The summed E-state index contributed by atoms with van der Waals surface area (Å²) in [7, 11) is 0. The maximum atomic E-state index is 12.0. The molecular weight excluding hydrogens is 218 g/mol. The third-order valence-corrected chi connectivity index (χ3v) is 2.81. The number of carbonyl (C=O) groups is 1. The summed E-state index contributed by atoms with van der Waals surface area (Å²) in [6, 6.07) is 2.01. The van der Waals surface area contributed by atoms with E-state index < -0.39 is 5.60 Å². The first kappa shape index (κ1) is 12.0. The van der Waals surface area contributed by atoms with Gasteiger partial charge in [0.2, 0.25) is 0 Å². The average Bonchev–Trinajstić information content (AvgIpc) is 2.85. The summed E-state index contributed by atoms with van der Waals surface area (Å²) in [6.07, 6.45) is 5.09. The minimum Gasteiger partial charge on any atom is -0.472 e. The Balaban J connectivity index is 2.07. The van der Waals surface area contributed by atoms with E-state index in [1.807, 2.05) is 26.8 Å². The van der Waals surface area contributed by atoms with Gasteiger partial charge in [0.1, 0.15) is 5.60 Å². The molecule has 4 heteroatoms. The van der Waals surface area contributed by atoms with Crippen LogP contribution in [-0.2, 0) is 4.74 Å². The molecule has 1 aliphatic rings. The Bertz CT molecular complexity index is 378. The number of likely N-dealkylation sites (tertiary alicyclic amines) is 1. The van der Waals surface area contributed by atoms with Crippen molar-refractivity contribution >= 4 is 6.09 Å². The quantitative estimate of drug-likeness (QED) is 0.752. The second-order valence-electron chi connectivity index (χ2n) is 5.39. The highest BCUT2D eigenvalue weighted by Crippen LogP contribution is 2.33. The van der Waals surface area contributed by atoms with Crippen molar-refractivity contribution < 1.29 is 13.9 Å². The van der Waals surface area contributed by atoms with E-state index in [1.54, 1.807) is 17.4 Å². The van der Waals surface area contributed by atoms with E-state index in [-0.39, 0.29) is 12.1 Å². The normalized spacial score (nSPS) is 20.6. The zero-order valence-corrected chi connectivity index (χ0v) is 10.6. The van der Waals surface area contributed by atoms with Crippen LogP contribution in [0, 0.1) is 0 Å². The largest absolute Gasteiger partial charge is 0.472 e. The van der Waals surface area contributed by atoms with Crippen LogP contribution in [-0.4, -0.2) is 23.1 Å². The molecule has 0 bridgehead atoms. The molecule has 1 atom stereocenters. The molecule has 0 N–H and O–H groups in total. The number of ether oxygens (including phenoxy) is 1. The molecule has 1 aliphatic heterocycles. The number of amides is 1. The molecule has 1 unspecified atom stereocenters. The first-order chi connectivity index (χ1) is 7.97. The van der Waals surface area contributed by atoms with Crippen LogP contribution in [0.2, 0.25) is 0 Å². The molecule has 1 aromatic heterocycles. The van der Waals surface area contributed by atoms with E-state index >= 15 is 0 Å². The number of hydrogen-bond acceptors (Lipinski definition) is 3. The van der Waals surface area contributed by atoms with Crippen molar-refractivity contribution in [2.45, 2.75) is 45.3 Å². The Hall–Kier alpha value is -1.45. The van der Waals surface area contributed by atoms with Crippen LogP contribution in [0.4, 0.5) is 4.79 Å². The third kappa shape index (κ3) is 2.81. The highest BCUT2D eigenvalue weighted by molar-refractivity contribution is 5.69. The van der Waals surface area contributed by atoms with Gasteiger partial charge in [0.15, 0.2) is 0 Å². The predicted molar refractivity (Wildman–Crippen MR) is 63.6 cm³/mol. The maximum absolute atomic E-state index is 12.0. The SMILES string of the molecule is CC(C)(C)OC(=O)N1CCCC1c1ccoc1. The molecule has 4 nitrogen and oxygen atoms in total. The van der Waals surface area contributed by atoms with Gasteiger partial charge in [0, 0.05) is 12.1 Å². The molecule has 0 spiro atoms. The van der Waals surface area contributed by atoms with Crippen molar-refractivity contribution in [3.05, 3.63) is 24.2 Å². The van der Waals surface area contributed by atoms with Crippen molar-refractivity contribution in [2.75, 3.05) is 6.54 Å². The Kier molecular flexibility index (Phi) is 3.13. The standard InChI is InChI=1S/C13H19NO3/c1-13(2,3)17-12(15)14-7-4-5-11(14)10-6-8-16-9-10/h6,8-9,11H,4-5,7H2,1-3H3. The molecule has 0 saturated carbocycles. The van der Waals surface area contributed by atoms with Crippen LogP contribution in [0.3, 0.4) is 0 Å². The lowest BCUT2D eigenvalue weighted by Gasteiger charge is -2.28. The lowest BCUT2D eigenvalue weighted by atomic mass is 10.1. The van der Waals surface area contributed by atoms with E-state index in [0.29, 0.717) is 0 Å². The molecule has 0 radical (unpaired) electrons. The van der Waals surface area contributed by atoms with Gasteiger partial charge in [0.05, 0.1) is 18.6 Å². The number of furan rings is 1. The minimum absolute atomic E-state index is 0.101. The van der Waals surface area contributed by atoms with E-state index in [2.05, 4.69) is 0 Å². The van der Waals surface area contributed by atoms with Gasteiger partial charge in [-0.2, -0.15) is 0 Å². The summed E-state index contributed by atoms with van der Waals surface area (Å²) in [4.78, 5) is 13.8. The summed E-state index contributed by atoms with van der Waals surface area (Å²) in [5.41, 5.74) is 0.606. The van der Waals surface area contributed by atoms with Gasteiger partial charge in [-0.25, -0.2) is 4.79 Å². The lowest BCUT2D eigenvalue weighted by Crippen LogP contribution is -2.36. The van der Waals surface area contributed by atoms with Crippen molar-refractivity contribution in [3.63, 3.8) is 0 Å². The Morgan fingerprint density at radius 2 is 2.29 bits per heavy atom. The van der Waals surface area contributed by atoms with Crippen molar-refractivity contribution in [3.8, 4) is 0 Å². The van der Waals surface area contributed by atoms with Crippen molar-refractivity contribution in [2.24, 2.45) is 0 Å². The average molecular weight is 237 g/mol. The fourth-order valence-electron chi connectivity index (χ4n) is 2.12. The van der Waals surface area contributed by atoms with Crippen LogP contribution in [0.1, 0.15) is 45.2 Å². The summed E-state index contributed by atoms with van der Waals surface area (Å²) >= 11 is 0. The molecule has 1 fully saturated rings. The molecule has 0 aromatic carbocycles. The van der Waals surface area contributed by atoms with Crippen molar-refractivity contribution in [1.82, 2.24) is 4.90 Å². The molecule has 2 heterocycles. The summed E-state index contributed by atoms with van der Waals surface area (Å²) in [6.45, 7) is 6.40. The summed E-state index contributed by atoms with van der Waals surface area (Å²) in [5, 5.41) is 0. The molecule has 1 saturated heterocycles. The second kappa shape index (κ2) is 4.43. The van der Waals surface area contributed by atoms with E-state index in [9.17, 15) is 4.79 Å². The molecule has 94 valence electrons. The second-order valence-corrected chi connectivity index (χ2v) is 5.39. The molecule has 2 rings (SSSR count). The van der Waals surface area contributed by atoms with Crippen LogP contribution in [0.15, 0.2) is 23.0 Å². The highest BCUT2D eigenvalue weighted by atomic mass is 16.6. The van der Waals surface area contributed by atoms with Crippen LogP contribution >= 0.6 is 0 Å². The van der Waals surface area contributed by atoms with Crippen LogP contribution in [0.25, 0.3) is 0 Å². The van der Waals surface area contributed by atoms with Gasteiger partial charge in [-0.3, -0.25) is 0 Å². The zero-order valence-electron chi connectivity index (χ0n) is 10.6. The fourth-order valence-corrected chi connectivity index (χ4v) is 2.12. The first-order valence-corrected chi connectivity index (χ1v) is 5.99. The topological polar surface area (TPSA) is 42.7 Å². The van der Waals surface area contributed by atoms with Gasteiger partial charge in [-0.15, -0.1) is 0 Å². The predicted octanol–water partition coefficient (Wildman–Crippen LogP) is 3.35. The van der Waals surface area contributed by atoms with E-state index in [4.69, 9.17) is 9.15 Å². The third-order valence-electron chi connectivity index (χ3n) is 2.81. The minimum atomic E-state index is -0.444. The Morgan fingerprint density at radius 3 is 2.88 bits per heavy atom. The fraction of sp³-hybridized carbons (Fsp3) is 0.615. The van der Waals surface area contributed by atoms with Gasteiger partial charge in [-0.1, -0.05) is 0 Å². The summed E-state index contributed by atoms with van der Waals surface area (Å²) in [5.74, 6) is 0. The lowest BCUT2D eigenvalue weighted by molar-refractivity contribution is 0.0224. The first-order valence-electron chi connectivity index (χ1n) is 5.99. The molecule has 0 aliphatic carbocycles. The zero-order chi connectivity index (χ0) is 12.5. The Labute approximate surface area is 102 Å². The maximum Gasteiger partial charge on any atom is 0.410 e. The number of nitrogens with zero attached hydrogens (tertiary/aromatic N) is 1. The van der Waals surface area contributed by atoms with E-state index in [0.717, 1.165) is 24.9 Å².